The molecule has 0 spiro atoms. The molecule has 1 aromatic carbocycles. The Balaban J connectivity index is 3.50. The van der Waals surface area contributed by atoms with Crippen molar-refractivity contribution in [2.75, 3.05) is 6.61 Å². The zero-order chi connectivity index (χ0) is 14.8. The van der Waals surface area contributed by atoms with Crippen LogP contribution in [0.15, 0.2) is 18.2 Å². The second kappa shape index (κ2) is 5.38. The lowest BCUT2D eigenvalue weighted by atomic mass is 9.92. The fourth-order valence-electron chi connectivity index (χ4n) is 1.74. The Bertz CT molecular complexity index is 408. The van der Waals surface area contributed by atoms with Gasteiger partial charge in [0.05, 0.1) is 11.1 Å². The summed E-state index contributed by atoms with van der Waals surface area (Å²) in [5.74, 6) is 0. The molecule has 0 aliphatic rings. The highest BCUT2D eigenvalue weighted by atomic mass is 19.4. The van der Waals surface area contributed by atoms with Gasteiger partial charge in [-0.25, -0.2) is 0 Å². The fraction of sp³-hybridized carbons (Fsp3) is 0.455. The zero-order valence-corrected chi connectivity index (χ0v) is 9.52. The van der Waals surface area contributed by atoms with Gasteiger partial charge >= 0.3 is 12.4 Å². The smallest absolute Gasteiger partial charge is 0.396 e. The van der Waals surface area contributed by atoms with Crippen LogP contribution in [0, 0.1) is 0 Å². The van der Waals surface area contributed by atoms with Crippen LogP contribution in [0.25, 0.3) is 0 Å². The Morgan fingerprint density at radius 1 is 1.00 bits per heavy atom. The van der Waals surface area contributed by atoms with Crippen molar-refractivity contribution in [3.05, 3.63) is 34.9 Å². The van der Waals surface area contributed by atoms with Crippen LogP contribution < -0.4 is 5.73 Å². The van der Waals surface area contributed by atoms with E-state index in [4.69, 9.17) is 10.8 Å². The van der Waals surface area contributed by atoms with Crippen LogP contribution in [0.2, 0.25) is 0 Å². The molecule has 0 fully saturated rings. The van der Waals surface area contributed by atoms with Crippen molar-refractivity contribution in [2.45, 2.75) is 24.8 Å². The van der Waals surface area contributed by atoms with Gasteiger partial charge in [-0.3, -0.25) is 0 Å². The molecule has 3 N–H and O–H groups in total. The van der Waals surface area contributed by atoms with Crippen molar-refractivity contribution < 1.29 is 31.4 Å². The zero-order valence-electron chi connectivity index (χ0n) is 9.52. The SMILES string of the molecule is N[C@H](CCO)c1c(C(F)(F)F)cccc1C(F)(F)F. The van der Waals surface area contributed by atoms with E-state index in [0.717, 1.165) is 0 Å². The summed E-state index contributed by atoms with van der Waals surface area (Å²) < 4.78 is 76.4. The standard InChI is InChI=1S/C11H11F6NO/c12-10(13,14)6-2-1-3-7(11(15,16)17)9(6)8(18)4-5-19/h1-3,8,19H,4-5,18H2/t8-/m1/s1. The number of aliphatic hydroxyl groups excluding tert-OH is 1. The Kier molecular flexibility index (Phi) is 4.46. The van der Waals surface area contributed by atoms with Crippen LogP contribution in [0.5, 0.6) is 0 Å². The summed E-state index contributed by atoms with van der Waals surface area (Å²) in [6.07, 6.45) is -10.3. The lowest BCUT2D eigenvalue weighted by molar-refractivity contribution is -0.144. The molecule has 0 saturated heterocycles. The number of halogens is 6. The highest BCUT2D eigenvalue weighted by Crippen LogP contribution is 2.41. The Labute approximate surface area is 104 Å². The van der Waals surface area contributed by atoms with E-state index < -0.39 is 48.1 Å². The van der Waals surface area contributed by atoms with Crippen molar-refractivity contribution in [2.24, 2.45) is 5.73 Å². The number of alkyl halides is 6. The fourth-order valence-corrected chi connectivity index (χ4v) is 1.74. The van der Waals surface area contributed by atoms with Crippen LogP contribution in [0.4, 0.5) is 26.3 Å². The molecule has 2 nitrogen and oxygen atoms in total. The van der Waals surface area contributed by atoms with E-state index in [1.54, 1.807) is 0 Å². The maximum absolute atomic E-state index is 12.7. The first kappa shape index (κ1) is 15.8. The van der Waals surface area contributed by atoms with Gasteiger partial charge in [-0.2, -0.15) is 26.3 Å². The third kappa shape index (κ3) is 3.60. The average Bonchev–Trinajstić information content (AvgIpc) is 2.26. The maximum Gasteiger partial charge on any atom is 0.416 e. The molecule has 1 aromatic rings. The first-order valence-electron chi connectivity index (χ1n) is 5.22. The Hall–Kier alpha value is -1.28. The van der Waals surface area contributed by atoms with E-state index in [0.29, 0.717) is 18.2 Å². The molecule has 0 heterocycles. The van der Waals surface area contributed by atoms with Crippen molar-refractivity contribution in [3.8, 4) is 0 Å². The van der Waals surface area contributed by atoms with E-state index in [2.05, 4.69) is 0 Å². The second-order valence-electron chi connectivity index (χ2n) is 3.88. The summed E-state index contributed by atoms with van der Waals surface area (Å²) in [4.78, 5) is 0. The molecule has 0 saturated carbocycles. The summed E-state index contributed by atoms with van der Waals surface area (Å²) >= 11 is 0. The van der Waals surface area contributed by atoms with E-state index in [1.165, 1.54) is 0 Å². The average molecular weight is 287 g/mol. The molecule has 0 bridgehead atoms. The molecule has 1 atom stereocenters. The number of aliphatic hydroxyl groups is 1. The van der Waals surface area contributed by atoms with Gasteiger partial charge in [0.2, 0.25) is 0 Å². The van der Waals surface area contributed by atoms with Crippen LogP contribution in [-0.2, 0) is 12.4 Å². The predicted octanol–water partition coefficient (Wildman–Crippen LogP) is 3.11. The van der Waals surface area contributed by atoms with Gasteiger partial charge in [-0.15, -0.1) is 0 Å². The lowest BCUT2D eigenvalue weighted by Gasteiger charge is -2.22. The number of hydrogen-bond donors (Lipinski definition) is 2. The molecular formula is C11H11F6NO. The van der Waals surface area contributed by atoms with Crippen LogP contribution in [0.1, 0.15) is 29.2 Å². The largest absolute Gasteiger partial charge is 0.416 e. The summed E-state index contributed by atoms with van der Waals surface area (Å²) in [5.41, 5.74) is 1.45. The molecule has 0 aromatic heterocycles. The second-order valence-corrected chi connectivity index (χ2v) is 3.88. The van der Waals surface area contributed by atoms with Gasteiger partial charge in [-0.05, 0) is 24.1 Å². The number of nitrogens with two attached hydrogens (primary N) is 1. The Morgan fingerprint density at radius 2 is 1.42 bits per heavy atom. The van der Waals surface area contributed by atoms with Crippen molar-refractivity contribution >= 4 is 0 Å². The molecule has 19 heavy (non-hydrogen) atoms. The molecule has 8 heteroatoms. The quantitative estimate of drug-likeness (QED) is 0.839. The summed E-state index contributed by atoms with van der Waals surface area (Å²) in [6, 6.07) is 0.226. The first-order chi connectivity index (χ1) is 8.59. The lowest BCUT2D eigenvalue weighted by Crippen LogP contribution is -2.23. The van der Waals surface area contributed by atoms with Crippen molar-refractivity contribution in [1.29, 1.82) is 0 Å². The molecular weight excluding hydrogens is 276 g/mol. The minimum Gasteiger partial charge on any atom is -0.396 e. The molecule has 0 radical (unpaired) electrons. The first-order valence-corrected chi connectivity index (χ1v) is 5.22. The van der Waals surface area contributed by atoms with E-state index >= 15 is 0 Å². The highest BCUT2D eigenvalue weighted by Gasteiger charge is 2.41. The minimum atomic E-state index is -4.94. The van der Waals surface area contributed by atoms with Gasteiger partial charge in [0, 0.05) is 12.6 Å². The number of rotatable bonds is 3. The van der Waals surface area contributed by atoms with Crippen molar-refractivity contribution in [1.82, 2.24) is 0 Å². The Morgan fingerprint density at radius 3 is 1.74 bits per heavy atom. The third-order valence-electron chi connectivity index (χ3n) is 2.53. The van der Waals surface area contributed by atoms with Gasteiger partial charge in [0.15, 0.2) is 0 Å². The van der Waals surface area contributed by atoms with Gasteiger partial charge in [-0.1, -0.05) is 6.07 Å². The van der Waals surface area contributed by atoms with Gasteiger partial charge in [0.25, 0.3) is 0 Å². The number of benzene rings is 1. The van der Waals surface area contributed by atoms with Crippen LogP contribution in [-0.4, -0.2) is 11.7 Å². The number of hydrogen-bond acceptors (Lipinski definition) is 2. The molecule has 108 valence electrons. The third-order valence-corrected chi connectivity index (χ3v) is 2.53. The molecule has 1 rings (SSSR count). The summed E-state index contributed by atoms with van der Waals surface area (Å²) in [7, 11) is 0. The normalized spacial score (nSPS) is 14.5. The molecule has 0 amide bonds. The summed E-state index contributed by atoms with van der Waals surface area (Å²) in [5, 5.41) is 8.64. The highest BCUT2D eigenvalue weighted by molar-refractivity contribution is 5.41. The topological polar surface area (TPSA) is 46.2 Å². The van der Waals surface area contributed by atoms with E-state index in [-0.39, 0.29) is 0 Å². The van der Waals surface area contributed by atoms with Crippen LogP contribution in [0.3, 0.4) is 0 Å². The van der Waals surface area contributed by atoms with E-state index in [1.807, 2.05) is 0 Å². The predicted molar refractivity (Wildman–Crippen MR) is 55.1 cm³/mol. The van der Waals surface area contributed by atoms with Crippen LogP contribution >= 0.6 is 0 Å². The van der Waals surface area contributed by atoms with Crippen molar-refractivity contribution in [3.63, 3.8) is 0 Å². The minimum absolute atomic E-state index is 0.393. The molecule has 0 aliphatic carbocycles. The monoisotopic (exact) mass is 287 g/mol. The molecule has 0 unspecified atom stereocenters. The van der Waals surface area contributed by atoms with Gasteiger partial charge in [0.1, 0.15) is 0 Å². The maximum atomic E-state index is 12.7. The summed E-state index contributed by atoms with van der Waals surface area (Å²) in [6.45, 7) is -0.606. The van der Waals surface area contributed by atoms with E-state index in [9.17, 15) is 26.3 Å². The molecule has 0 aliphatic heterocycles. The van der Waals surface area contributed by atoms with Gasteiger partial charge < -0.3 is 10.8 Å².